The molecule has 2 heterocycles. The summed E-state index contributed by atoms with van der Waals surface area (Å²) in [5, 5.41) is 9.76. The van der Waals surface area contributed by atoms with E-state index in [0.29, 0.717) is 0 Å². The Morgan fingerprint density at radius 2 is 2.41 bits per heavy atom. The van der Waals surface area contributed by atoms with Crippen LogP contribution in [0.25, 0.3) is 0 Å². The van der Waals surface area contributed by atoms with Crippen molar-refractivity contribution in [1.29, 1.82) is 0 Å². The molecule has 1 aliphatic heterocycles. The van der Waals surface area contributed by atoms with E-state index >= 15 is 0 Å². The van der Waals surface area contributed by atoms with Gasteiger partial charge in [-0.2, -0.15) is 0 Å². The Kier molecular flexibility index (Phi) is 3.97. The standard InChI is InChI=1S/C13H20N2O2/c1-10(16)12-6-3-7-14-13(12)15-8-4-5-11(9-15)17-2/h3,6-7,10-11,16H,4-5,8-9H2,1-2H3. The fraction of sp³-hybridized carbons (Fsp3) is 0.615. The normalized spacial score (nSPS) is 22.5. The molecule has 0 aliphatic carbocycles. The molecule has 1 saturated heterocycles. The number of ether oxygens (including phenoxy) is 1. The highest BCUT2D eigenvalue weighted by atomic mass is 16.5. The van der Waals surface area contributed by atoms with Gasteiger partial charge in [0.2, 0.25) is 0 Å². The minimum Gasteiger partial charge on any atom is -0.389 e. The van der Waals surface area contributed by atoms with Crippen molar-refractivity contribution < 1.29 is 9.84 Å². The van der Waals surface area contributed by atoms with Crippen LogP contribution in [0.15, 0.2) is 18.3 Å². The number of hydrogen-bond acceptors (Lipinski definition) is 4. The monoisotopic (exact) mass is 236 g/mol. The minimum absolute atomic E-state index is 0.271. The van der Waals surface area contributed by atoms with Gasteiger partial charge >= 0.3 is 0 Å². The van der Waals surface area contributed by atoms with E-state index in [0.717, 1.165) is 37.3 Å². The summed E-state index contributed by atoms with van der Waals surface area (Å²) in [6.45, 7) is 3.61. The van der Waals surface area contributed by atoms with Gasteiger partial charge in [0.1, 0.15) is 5.82 Å². The van der Waals surface area contributed by atoms with Crippen molar-refractivity contribution >= 4 is 5.82 Å². The molecule has 0 amide bonds. The van der Waals surface area contributed by atoms with Crippen LogP contribution in [-0.4, -0.2) is 36.4 Å². The number of aliphatic hydroxyl groups excluding tert-OH is 1. The summed E-state index contributed by atoms with van der Waals surface area (Å²) in [5.41, 5.74) is 0.893. The highest BCUT2D eigenvalue weighted by molar-refractivity contribution is 5.48. The lowest BCUT2D eigenvalue weighted by atomic mass is 10.1. The average Bonchev–Trinajstić information content (AvgIpc) is 2.39. The summed E-state index contributed by atoms with van der Waals surface area (Å²) < 4.78 is 5.41. The number of nitrogens with zero attached hydrogens (tertiary/aromatic N) is 2. The van der Waals surface area contributed by atoms with Gasteiger partial charge in [-0.05, 0) is 25.8 Å². The maximum absolute atomic E-state index is 9.76. The number of pyridine rings is 1. The van der Waals surface area contributed by atoms with Crippen LogP contribution in [0.5, 0.6) is 0 Å². The number of anilines is 1. The summed E-state index contributed by atoms with van der Waals surface area (Å²) in [6, 6.07) is 3.80. The van der Waals surface area contributed by atoms with Gasteiger partial charge in [0.15, 0.2) is 0 Å². The van der Waals surface area contributed by atoms with Crippen LogP contribution in [0.4, 0.5) is 5.82 Å². The third kappa shape index (κ3) is 2.76. The molecule has 4 nitrogen and oxygen atoms in total. The Hall–Kier alpha value is -1.13. The maximum Gasteiger partial charge on any atom is 0.134 e. The van der Waals surface area contributed by atoms with Crippen LogP contribution < -0.4 is 4.90 Å². The van der Waals surface area contributed by atoms with Crippen LogP contribution in [0.1, 0.15) is 31.4 Å². The van der Waals surface area contributed by atoms with Gasteiger partial charge in [0.25, 0.3) is 0 Å². The smallest absolute Gasteiger partial charge is 0.134 e. The van der Waals surface area contributed by atoms with Crippen molar-refractivity contribution in [2.75, 3.05) is 25.1 Å². The van der Waals surface area contributed by atoms with Gasteiger partial charge in [-0.15, -0.1) is 0 Å². The molecule has 1 aromatic rings. The van der Waals surface area contributed by atoms with E-state index in [2.05, 4.69) is 9.88 Å². The number of methoxy groups -OCH3 is 1. The van der Waals surface area contributed by atoms with Crippen LogP contribution in [0, 0.1) is 0 Å². The topological polar surface area (TPSA) is 45.6 Å². The van der Waals surface area contributed by atoms with Crippen LogP contribution in [0.2, 0.25) is 0 Å². The third-order valence-electron chi connectivity index (χ3n) is 3.28. The molecule has 2 rings (SSSR count). The Bertz CT molecular complexity index is 368. The van der Waals surface area contributed by atoms with Crippen molar-refractivity contribution in [3.05, 3.63) is 23.9 Å². The second-order valence-corrected chi connectivity index (χ2v) is 4.54. The fourth-order valence-electron chi connectivity index (χ4n) is 2.32. The molecular weight excluding hydrogens is 216 g/mol. The Morgan fingerprint density at radius 3 is 3.12 bits per heavy atom. The molecule has 0 radical (unpaired) electrons. The molecule has 1 N–H and O–H groups in total. The SMILES string of the molecule is COC1CCCN(c2ncccc2C(C)O)C1. The van der Waals surface area contributed by atoms with Crippen LogP contribution in [0.3, 0.4) is 0 Å². The summed E-state index contributed by atoms with van der Waals surface area (Å²) >= 11 is 0. The predicted octanol–water partition coefficient (Wildman–Crippen LogP) is 1.75. The van der Waals surface area contributed by atoms with Crippen molar-refractivity contribution in [2.24, 2.45) is 0 Å². The molecular formula is C13H20N2O2. The van der Waals surface area contributed by atoms with E-state index in [4.69, 9.17) is 4.74 Å². The molecule has 0 bridgehead atoms. The Labute approximate surface area is 102 Å². The average molecular weight is 236 g/mol. The first-order valence-corrected chi connectivity index (χ1v) is 6.13. The van der Waals surface area contributed by atoms with Crippen molar-refractivity contribution in [3.8, 4) is 0 Å². The van der Waals surface area contributed by atoms with Gasteiger partial charge in [-0.3, -0.25) is 0 Å². The second kappa shape index (κ2) is 5.47. The van der Waals surface area contributed by atoms with E-state index in [-0.39, 0.29) is 6.10 Å². The van der Waals surface area contributed by atoms with Crippen molar-refractivity contribution in [3.63, 3.8) is 0 Å². The summed E-state index contributed by atoms with van der Waals surface area (Å²) in [7, 11) is 1.75. The lowest BCUT2D eigenvalue weighted by molar-refractivity contribution is 0.0889. The van der Waals surface area contributed by atoms with E-state index in [1.165, 1.54) is 0 Å². The Morgan fingerprint density at radius 1 is 1.59 bits per heavy atom. The molecule has 1 fully saturated rings. The molecule has 1 aromatic heterocycles. The molecule has 1 aliphatic rings. The number of rotatable bonds is 3. The molecule has 0 spiro atoms. The van der Waals surface area contributed by atoms with E-state index in [1.807, 2.05) is 12.1 Å². The Balaban J connectivity index is 2.21. The highest BCUT2D eigenvalue weighted by Crippen LogP contribution is 2.26. The predicted molar refractivity (Wildman–Crippen MR) is 67.1 cm³/mol. The first kappa shape index (κ1) is 12.3. The zero-order valence-electron chi connectivity index (χ0n) is 10.5. The molecule has 2 atom stereocenters. The lowest BCUT2D eigenvalue weighted by Crippen LogP contribution is -2.40. The molecule has 2 unspecified atom stereocenters. The van der Waals surface area contributed by atoms with Crippen LogP contribution >= 0.6 is 0 Å². The lowest BCUT2D eigenvalue weighted by Gasteiger charge is -2.34. The van der Waals surface area contributed by atoms with Crippen molar-refractivity contribution in [1.82, 2.24) is 4.98 Å². The number of aliphatic hydroxyl groups is 1. The first-order valence-electron chi connectivity index (χ1n) is 6.13. The molecule has 4 heteroatoms. The minimum atomic E-state index is -0.485. The van der Waals surface area contributed by atoms with Gasteiger partial charge in [0.05, 0.1) is 12.2 Å². The number of aromatic nitrogens is 1. The number of piperidine rings is 1. The van der Waals surface area contributed by atoms with Gasteiger partial charge in [0, 0.05) is 32.0 Å². The quantitative estimate of drug-likeness (QED) is 0.868. The fourth-order valence-corrected chi connectivity index (χ4v) is 2.32. The van der Waals surface area contributed by atoms with Gasteiger partial charge < -0.3 is 14.7 Å². The zero-order valence-corrected chi connectivity index (χ0v) is 10.5. The maximum atomic E-state index is 9.76. The van der Waals surface area contributed by atoms with E-state index in [1.54, 1.807) is 20.2 Å². The molecule has 17 heavy (non-hydrogen) atoms. The highest BCUT2D eigenvalue weighted by Gasteiger charge is 2.23. The summed E-state index contributed by atoms with van der Waals surface area (Å²) in [6.07, 6.45) is 3.77. The largest absolute Gasteiger partial charge is 0.389 e. The van der Waals surface area contributed by atoms with E-state index < -0.39 is 6.10 Å². The summed E-state index contributed by atoms with van der Waals surface area (Å²) in [5.74, 6) is 0.893. The van der Waals surface area contributed by atoms with Crippen LogP contribution in [-0.2, 0) is 4.74 Å². The number of hydrogen-bond donors (Lipinski definition) is 1. The second-order valence-electron chi connectivity index (χ2n) is 4.54. The zero-order chi connectivity index (χ0) is 12.3. The third-order valence-corrected chi connectivity index (χ3v) is 3.28. The van der Waals surface area contributed by atoms with Crippen molar-refractivity contribution in [2.45, 2.75) is 32.0 Å². The van der Waals surface area contributed by atoms with Gasteiger partial charge in [-0.1, -0.05) is 6.07 Å². The summed E-state index contributed by atoms with van der Waals surface area (Å²) in [4.78, 5) is 6.61. The van der Waals surface area contributed by atoms with E-state index in [9.17, 15) is 5.11 Å². The molecule has 0 saturated carbocycles. The first-order chi connectivity index (χ1) is 8.22. The van der Waals surface area contributed by atoms with Gasteiger partial charge in [-0.25, -0.2) is 4.98 Å². The molecule has 0 aromatic carbocycles. The molecule has 94 valence electrons.